The maximum absolute atomic E-state index is 14.3. The Bertz CT molecular complexity index is 1110. The van der Waals surface area contributed by atoms with Gasteiger partial charge in [0, 0.05) is 36.6 Å². The smallest absolute Gasteiger partial charge is 0.242 e. The number of nitrogens with one attached hydrogen (secondary N) is 1. The number of benzene rings is 2. The maximum Gasteiger partial charge on any atom is 0.242 e. The molecule has 0 heterocycles. The molecule has 35 heavy (non-hydrogen) atoms. The molecule has 0 aliphatic heterocycles. The van der Waals surface area contributed by atoms with Gasteiger partial charge in [0.25, 0.3) is 0 Å². The molecule has 0 bridgehead atoms. The van der Waals surface area contributed by atoms with Crippen molar-refractivity contribution in [1.82, 2.24) is 10.2 Å². The van der Waals surface area contributed by atoms with Crippen molar-refractivity contribution in [2.45, 2.75) is 52.1 Å². The van der Waals surface area contributed by atoms with Crippen molar-refractivity contribution in [2.24, 2.45) is 0 Å². The van der Waals surface area contributed by atoms with Crippen molar-refractivity contribution in [3.05, 3.63) is 64.9 Å². The van der Waals surface area contributed by atoms with Gasteiger partial charge in [0.15, 0.2) is 0 Å². The summed E-state index contributed by atoms with van der Waals surface area (Å²) in [5.41, 5.74) is 0.699. The highest BCUT2D eigenvalue weighted by Gasteiger charge is 2.27. The maximum atomic E-state index is 14.3. The quantitative estimate of drug-likeness (QED) is 0.394. The van der Waals surface area contributed by atoms with E-state index in [0.717, 1.165) is 19.1 Å². The van der Waals surface area contributed by atoms with Gasteiger partial charge in [0.2, 0.25) is 21.8 Å². The van der Waals surface area contributed by atoms with Crippen LogP contribution in [0.4, 0.5) is 10.1 Å². The van der Waals surface area contributed by atoms with Gasteiger partial charge in [0.05, 0.1) is 11.9 Å². The normalized spacial score (nSPS) is 12.1. The number of amides is 2. The molecule has 2 rings (SSSR count). The molecule has 2 aromatic rings. The Hall–Kier alpha value is -2.65. The number of carbonyl (C=O) groups is 2. The molecule has 10 heteroatoms. The molecule has 2 amide bonds. The number of nitrogens with zero attached hydrogens (tertiary/aromatic N) is 2. The van der Waals surface area contributed by atoms with Gasteiger partial charge < -0.3 is 10.2 Å². The molecule has 1 N–H and O–H groups in total. The lowest BCUT2D eigenvalue weighted by Crippen LogP contribution is -2.48. The summed E-state index contributed by atoms with van der Waals surface area (Å²) in [7, 11) is -3.61. The lowest BCUT2D eigenvalue weighted by atomic mass is 10.1. The summed E-state index contributed by atoms with van der Waals surface area (Å²) in [5.74, 6) is -1.15. The Balaban J connectivity index is 2.15. The Morgan fingerprint density at radius 3 is 2.46 bits per heavy atom. The molecule has 7 nitrogen and oxygen atoms in total. The number of halogens is 2. The Kier molecular flexibility index (Phi) is 11.0. The van der Waals surface area contributed by atoms with Crippen molar-refractivity contribution >= 4 is 39.1 Å². The summed E-state index contributed by atoms with van der Waals surface area (Å²) < 4.78 is 40.2. The largest absolute Gasteiger partial charge is 0.354 e. The van der Waals surface area contributed by atoms with E-state index in [-0.39, 0.29) is 37.7 Å². The van der Waals surface area contributed by atoms with Crippen LogP contribution in [0.25, 0.3) is 0 Å². The number of hydrogen-bond donors (Lipinski definition) is 1. The van der Waals surface area contributed by atoms with Gasteiger partial charge in [-0.3, -0.25) is 13.9 Å². The number of carbonyl (C=O) groups excluding carboxylic acids is 2. The van der Waals surface area contributed by atoms with E-state index in [1.807, 2.05) is 6.92 Å². The Labute approximate surface area is 212 Å². The van der Waals surface area contributed by atoms with Gasteiger partial charge in [0.1, 0.15) is 11.9 Å². The van der Waals surface area contributed by atoms with E-state index in [1.165, 1.54) is 21.3 Å². The summed E-state index contributed by atoms with van der Waals surface area (Å²) in [5, 5.41) is 3.21. The van der Waals surface area contributed by atoms with Crippen LogP contribution in [-0.4, -0.2) is 50.5 Å². The fourth-order valence-electron chi connectivity index (χ4n) is 3.56. The number of sulfonamides is 1. The van der Waals surface area contributed by atoms with E-state index in [2.05, 4.69) is 5.32 Å². The molecule has 0 saturated heterocycles. The first kappa shape index (κ1) is 28.6. The average molecular weight is 526 g/mol. The Morgan fingerprint density at radius 1 is 1.11 bits per heavy atom. The van der Waals surface area contributed by atoms with E-state index in [4.69, 9.17) is 11.6 Å². The Morgan fingerprint density at radius 2 is 1.83 bits per heavy atom. The number of hydrogen-bond acceptors (Lipinski definition) is 4. The fourth-order valence-corrected chi connectivity index (χ4v) is 4.71. The lowest BCUT2D eigenvalue weighted by Gasteiger charge is -2.29. The first-order chi connectivity index (χ1) is 16.5. The second-order valence-corrected chi connectivity index (χ2v) is 10.7. The third-order valence-electron chi connectivity index (χ3n) is 5.54. The molecule has 0 aromatic heterocycles. The van der Waals surface area contributed by atoms with Crippen LogP contribution in [0.5, 0.6) is 0 Å². The van der Waals surface area contributed by atoms with E-state index < -0.39 is 21.9 Å². The van der Waals surface area contributed by atoms with E-state index in [1.54, 1.807) is 43.3 Å². The van der Waals surface area contributed by atoms with Gasteiger partial charge in [-0.15, -0.1) is 0 Å². The monoisotopic (exact) mass is 525 g/mol. The van der Waals surface area contributed by atoms with Gasteiger partial charge in [-0.2, -0.15) is 0 Å². The molecule has 2 aromatic carbocycles. The van der Waals surface area contributed by atoms with Gasteiger partial charge in [-0.25, -0.2) is 12.8 Å². The zero-order valence-corrected chi connectivity index (χ0v) is 21.9. The molecule has 192 valence electrons. The van der Waals surface area contributed by atoms with Crippen LogP contribution in [0.15, 0.2) is 48.5 Å². The summed E-state index contributed by atoms with van der Waals surface area (Å²) in [4.78, 5) is 27.2. The molecule has 1 unspecified atom stereocenters. The van der Waals surface area contributed by atoms with Crippen molar-refractivity contribution < 1.29 is 22.4 Å². The number of unbranched alkanes of at least 4 members (excludes halogenated alkanes) is 1. The topological polar surface area (TPSA) is 86.8 Å². The molecule has 1 atom stereocenters. The molecule has 0 saturated carbocycles. The highest BCUT2D eigenvalue weighted by molar-refractivity contribution is 7.92. The molecule has 0 fully saturated rings. The standard InChI is InChI=1S/C25H33ClFN3O4S/c1-4-5-15-28-25(32)19(2)29(18-20-10-6-7-13-23(20)27)24(31)14-9-16-30(35(3,33)34)22-12-8-11-21(26)17-22/h6-8,10-13,17,19H,4-5,9,14-16,18H2,1-3H3,(H,28,32). The minimum absolute atomic E-state index is 0.0202. The molecule has 0 aliphatic carbocycles. The predicted molar refractivity (Wildman–Crippen MR) is 137 cm³/mol. The van der Waals surface area contributed by atoms with Crippen molar-refractivity contribution in [2.75, 3.05) is 23.7 Å². The number of anilines is 1. The molecular formula is C25H33ClFN3O4S. The van der Waals surface area contributed by atoms with Crippen LogP contribution in [0.2, 0.25) is 5.02 Å². The highest BCUT2D eigenvalue weighted by Crippen LogP contribution is 2.23. The third kappa shape index (κ3) is 8.81. The van der Waals surface area contributed by atoms with Gasteiger partial charge >= 0.3 is 0 Å². The summed E-state index contributed by atoms with van der Waals surface area (Å²) in [6.45, 7) is 4.08. The van der Waals surface area contributed by atoms with E-state index in [9.17, 15) is 22.4 Å². The van der Waals surface area contributed by atoms with Gasteiger partial charge in [-0.05, 0) is 44.0 Å². The van der Waals surface area contributed by atoms with Crippen LogP contribution in [0, 0.1) is 5.82 Å². The van der Waals surface area contributed by atoms with Crippen LogP contribution in [0.3, 0.4) is 0 Å². The van der Waals surface area contributed by atoms with Crippen LogP contribution in [-0.2, 0) is 26.2 Å². The second-order valence-electron chi connectivity index (χ2n) is 8.35. The number of rotatable bonds is 13. The second kappa shape index (κ2) is 13.4. The fraction of sp³-hybridized carbons (Fsp3) is 0.440. The van der Waals surface area contributed by atoms with Crippen LogP contribution >= 0.6 is 11.6 Å². The molecular weight excluding hydrogens is 493 g/mol. The van der Waals surface area contributed by atoms with Crippen LogP contribution in [0.1, 0.15) is 45.1 Å². The van der Waals surface area contributed by atoms with Crippen LogP contribution < -0.4 is 9.62 Å². The molecule has 0 aliphatic rings. The predicted octanol–water partition coefficient (Wildman–Crippen LogP) is 4.36. The van der Waals surface area contributed by atoms with E-state index in [0.29, 0.717) is 22.8 Å². The zero-order valence-electron chi connectivity index (χ0n) is 20.3. The third-order valence-corrected chi connectivity index (χ3v) is 6.97. The minimum Gasteiger partial charge on any atom is -0.354 e. The first-order valence-electron chi connectivity index (χ1n) is 11.6. The summed E-state index contributed by atoms with van der Waals surface area (Å²) in [6, 6.07) is 11.7. The minimum atomic E-state index is -3.61. The van der Waals surface area contributed by atoms with Crippen molar-refractivity contribution in [3.63, 3.8) is 0 Å². The highest BCUT2D eigenvalue weighted by atomic mass is 35.5. The lowest BCUT2D eigenvalue weighted by molar-refractivity contribution is -0.140. The average Bonchev–Trinajstić information content (AvgIpc) is 2.80. The molecule has 0 spiro atoms. The van der Waals surface area contributed by atoms with Gasteiger partial charge in [-0.1, -0.05) is 49.2 Å². The summed E-state index contributed by atoms with van der Waals surface area (Å²) in [6.07, 6.45) is 2.99. The van der Waals surface area contributed by atoms with Crippen molar-refractivity contribution in [3.8, 4) is 0 Å². The SMILES string of the molecule is CCCCNC(=O)C(C)N(Cc1ccccc1F)C(=O)CCCN(c1cccc(Cl)c1)S(C)(=O)=O. The summed E-state index contributed by atoms with van der Waals surface area (Å²) >= 11 is 6.01. The zero-order chi connectivity index (χ0) is 26.0. The first-order valence-corrected chi connectivity index (χ1v) is 13.8. The van der Waals surface area contributed by atoms with Crippen molar-refractivity contribution in [1.29, 1.82) is 0 Å². The molecule has 0 radical (unpaired) electrons. The van der Waals surface area contributed by atoms with E-state index >= 15 is 0 Å².